The Morgan fingerprint density at radius 2 is 1.72 bits per heavy atom. The van der Waals surface area contributed by atoms with Crippen molar-refractivity contribution in [3.05, 3.63) is 0 Å². The van der Waals surface area contributed by atoms with Crippen LogP contribution in [0.1, 0.15) is 6.92 Å². The average Bonchev–Trinajstić information content (AvgIpc) is 2.53. The van der Waals surface area contributed by atoms with Gasteiger partial charge in [0.2, 0.25) is 0 Å². The first-order valence-corrected chi connectivity index (χ1v) is 6.87. The lowest BCUT2D eigenvalue weighted by Gasteiger charge is -2.38. The van der Waals surface area contributed by atoms with Gasteiger partial charge in [-0.05, 0) is 6.92 Å². The molecule has 0 spiro atoms. The van der Waals surface area contributed by atoms with E-state index in [-0.39, 0.29) is 18.1 Å². The quantitative estimate of drug-likeness (QED) is 0.510. The number of carbonyl (C=O) groups excluding carboxylic acids is 2. The maximum absolute atomic E-state index is 13.8. The van der Waals surface area contributed by atoms with E-state index in [9.17, 15) is 40.7 Å². The minimum absolute atomic E-state index is 0.0274. The van der Waals surface area contributed by atoms with Crippen LogP contribution in [0.4, 0.5) is 26.3 Å². The zero-order valence-corrected chi connectivity index (χ0v) is 12.7. The zero-order chi connectivity index (χ0) is 19.6. The molecule has 1 aliphatic rings. The maximum atomic E-state index is 13.8. The molecular weight excluding hydrogens is 366 g/mol. The monoisotopic (exact) mass is 380 g/mol. The van der Waals surface area contributed by atoms with E-state index in [0.29, 0.717) is 0 Å². The number of halogens is 6. The fourth-order valence-electron chi connectivity index (χ4n) is 2.04. The first kappa shape index (κ1) is 21.0. The van der Waals surface area contributed by atoms with Gasteiger partial charge < -0.3 is 20.1 Å². The summed E-state index contributed by atoms with van der Waals surface area (Å²) in [5.41, 5.74) is 0. The van der Waals surface area contributed by atoms with E-state index in [0.717, 1.165) is 0 Å². The second-order valence-electron chi connectivity index (χ2n) is 5.00. The minimum atomic E-state index is -6.52. The van der Waals surface area contributed by atoms with Gasteiger partial charge in [0.15, 0.2) is 0 Å². The van der Waals surface area contributed by atoms with E-state index < -0.39 is 54.7 Å². The molecule has 1 unspecified atom stereocenters. The van der Waals surface area contributed by atoms with Crippen LogP contribution in [0.2, 0.25) is 0 Å². The highest BCUT2D eigenvalue weighted by molar-refractivity contribution is 5.91. The van der Waals surface area contributed by atoms with Gasteiger partial charge in [0.25, 0.3) is 0 Å². The van der Waals surface area contributed by atoms with Crippen LogP contribution in [0.15, 0.2) is 0 Å². The van der Waals surface area contributed by atoms with Gasteiger partial charge in [0.05, 0.1) is 6.61 Å². The summed E-state index contributed by atoms with van der Waals surface area (Å²) < 4.78 is 85.1. The molecule has 1 fully saturated rings. The van der Waals surface area contributed by atoms with Gasteiger partial charge in [-0.1, -0.05) is 0 Å². The standard InChI is InChI=1S/C12H14F6N2O5/c1-2-25-7(21)6-5-19-3-4-20(6)8(22)10(13,14)12(17,18)11(15,16)9(23)24/h6,19H,2-5H2,1H3,(H,23,24). The summed E-state index contributed by atoms with van der Waals surface area (Å²) in [6, 6.07) is -1.75. The summed E-state index contributed by atoms with van der Waals surface area (Å²) in [6.45, 7) is -0.135. The number of nitrogens with one attached hydrogen (secondary N) is 1. The molecule has 0 aromatic rings. The molecule has 7 nitrogen and oxygen atoms in total. The lowest BCUT2D eigenvalue weighted by atomic mass is 10.0. The predicted molar refractivity (Wildman–Crippen MR) is 67.5 cm³/mol. The summed E-state index contributed by atoms with van der Waals surface area (Å²) in [7, 11) is 0. The van der Waals surface area contributed by atoms with Crippen molar-refractivity contribution in [1.82, 2.24) is 10.2 Å². The van der Waals surface area contributed by atoms with Crippen molar-refractivity contribution in [2.24, 2.45) is 0 Å². The van der Waals surface area contributed by atoms with Crippen molar-refractivity contribution in [2.45, 2.75) is 30.7 Å². The molecule has 0 aromatic heterocycles. The lowest BCUT2D eigenvalue weighted by molar-refractivity contribution is -0.296. The van der Waals surface area contributed by atoms with Crippen LogP contribution in [0.5, 0.6) is 0 Å². The highest BCUT2D eigenvalue weighted by Crippen LogP contribution is 2.47. The van der Waals surface area contributed by atoms with E-state index >= 15 is 0 Å². The van der Waals surface area contributed by atoms with Gasteiger partial charge in [-0.2, -0.15) is 26.3 Å². The molecule has 0 bridgehead atoms. The first-order chi connectivity index (χ1) is 11.3. The average molecular weight is 380 g/mol. The van der Waals surface area contributed by atoms with Crippen molar-refractivity contribution in [3.8, 4) is 0 Å². The Morgan fingerprint density at radius 3 is 2.20 bits per heavy atom. The third-order valence-electron chi connectivity index (χ3n) is 3.39. The number of carboxylic acid groups (broad SMARTS) is 1. The SMILES string of the molecule is CCOC(=O)C1CNCCN1C(=O)C(F)(F)C(F)(F)C(F)(F)C(=O)O. The van der Waals surface area contributed by atoms with Crippen LogP contribution in [-0.2, 0) is 19.1 Å². The first-order valence-electron chi connectivity index (χ1n) is 6.87. The Bertz CT molecular complexity index is 556. The number of hydrogen-bond acceptors (Lipinski definition) is 5. The number of amides is 1. The van der Waals surface area contributed by atoms with Crippen LogP contribution in [0.25, 0.3) is 0 Å². The van der Waals surface area contributed by atoms with Gasteiger partial charge in [-0.25, -0.2) is 9.59 Å². The van der Waals surface area contributed by atoms with Gasteiger partial charge >= 0.3 is 35.6 Å². The molecule has 1 aliphatic heterocycles. The number of hydrogen-bond donors (Lipinski definition) is 2. The van der Waals surface area contributed by atoms with Crippen LogP contribution in [0, 0.1) is 0 Å². The van der Waals surface area contributed by atoms with E-state index in [1.165, 1.54) is 6.92 Å². The predicted octanol–water partition coefficient (Wildman–Crippen LogP) is 0.340. The molecule has 0 aromatic carbocycles. The second-order valence-corrected chi connectivity index (χ2v) is 5.00. The molecule has 1 heterocycles. The fraction of sp³-hybridized carbons (Fsp3) is 0.750. The van der Waals surface area contributed by atoms with Crippen molar-refractivity contribution in [3.63, 3.8) is 0 Å². The molecule has 1 atom stereocenters. The van der Waals surface area contributed by atoms with Crippen molar-refractivity contribution in [1.29, 1.82) is 0 Å². The third-order valence-corrected chi connectivity index (χ3v) is 3.39. The number of esters is 1. The number of piperazine rings is 1. The number of carboxylic acids is 1. The van der Waals surface area contributed by atoms with E-state index in [1.807, 2.05) is 0 Å². The molecular formula is C12H14F6N2O5. The molecule has 0 aliphatic carbocycles. The van der Waals surface area contributed by atoms with Gasteiger partial charge in [-0.15, -0.1) is 0 Å². The van der Waals surface area contributed by atoms with Gasteiger partial charge in [-0.3, -0.25) is 4.79 Å². The number of carbonyl (C=O) groups is 3. The molecule has 1 amide bonds. The Kier molecular flexibility index (Phi) is 5.93. The fourth-order valence-corrected chi connectivity index (χ4v) is 2.04. The lowest BCUT2D eigenvalue weighted by Crippen LogP contribution is -2.67. The van der Waals surface area contributed by atoms with Crippen molar-refractivity contribution < 1.29 is 50.6 Å². The third kappa shape index (κ3) is 3.50. The number of alkyl halides is 6. The van der Waals surface area contributed by atoms with Crippen molar-refractivity contribution in [2.75, 3.05) is 26.2 Å². The summed E-state index contributed by atoms with van der Waals surface area (Å²) in [5, 5.41) is 10.6. The number of aliphatic carboxylic acids is 1. The molecule has 0 saturated carbocycles. The molecule has 144 valence electrons. The number of rotatable bonds is 6. The summed E-state index contributed by atoms with van der Waals surface area (Å²) in [4.78, 5) is 33.6. The van der Waals surface area contributed by atoms with Crippen LogP contribution >= 0.6 is 0 Å². The summed E-state index contributed by atoms with van der Waals surface area (Å²) in [6.07, 6.45) is 0. The smallest absolute Gasteiger partial charge is 0.411 e. The van der Waals surface area contributed by atoms with E-state index in [2.05, 4.69) is 10.1 Å². The van der Waals surface area contributed by atoms with E-state index in [1.54, 1.807) is 0 Å². The van der Waals surface area contributed by atoms with E-state index in [4.69, 9.17) is 5.11 Å². The normalized spacial score (nSPS) is 19.5. The van der Waals surface area contributed by atoms with Crippen molar-refractivity contribution >= 4 is 17.8 Å². The topological polar surface area (TPSA) is 95.9 Å². The molecule has 1 saturated heterocycles. The minimum Gasteiger partial charge on any atom is -0.477 e. The van der Waals surface area contributed by atoms with Crippen LogP contribution in [-0.4, -0.2) is 77.9 Å². The van der Waals surface area contributed by atoms with Gasteiger partial charge in [0.1, 0.15) is 6.04 Å². The highest BCUT2D eigenvalue weighted by atomic mass is 19.3. The molecule has 1 rings (SSSR count). The zero-order valence-electron chi connectivity index (χ0n) is 12.7. The number of ether oxygens (including phenoxy) is 1. The van der Waals surface area contributed by atoms with Crippen LogP contribution in [0.3, 0.4) is 0 Å². The van der Waals surface area contributed by atoms with Gasteiger partial charge in [0, 0.05) is 19.6 Å². The molecule has 13 heteroatoms. The summed E-state index contributed by atoms with van der Waals surface area (Å²) in [5.74, 6) is -26.3. The number of nitrogens with zero attached hydrogens (tertiary/aromatic N) is 1. The molecule has 2 N–H and O–H groups in total. The largest absolute Gasteiger partial charge is 0.477 e. The Labute approximate surface area is 136 Å². The summed E-state index contributed by atoms with van der Waals surface area (Å²) >= 11 is 0. The Balaban J connectivity index is 3.20. The molecule has 25 heavy (non-hydrogen) atoms. The maximum Gasteiger partial charge on any atom is 0.411 e. The second kappa shape index (κ2) is 7.06. The Hall–Kier alpha value is -2.05. The molecule has 0 radical (unpaired) electrons. The van der Waals surface area contributed by atoms with Crippen LogP contribution < -0.4 is 5.32 Å². The Morgan fingerprint density at radius 1 is 1.16 bits per heavy atom. The highest BCUT2D eigenvalue weighted by Gasteiger charge is 2.79.